The van der Waals surface area contributed by atoms with Crippen LogP contribution in [0.3, 0.4) is 0 Å². The van der Waals surface area contributed by atoms with Crippen LogP contribution in [0.2, 0.25) is 0 Å². The van der Waals surface area contributed by atoms with Crippen molar-refractivity contribution in [1.82, 2.24) is 5.32 Å². The minimum Gasteiger partial charge on any atom is -0.314 e. The second-order valence-electron chi connectivity index (χ2n) is 4.08. The van der Waals surface area contributed by atoms with Crippen LogP contribution in [0.5, 0.6) is 0 Å². The van der Waals surface area contributed by atoms with Crippen molar-refractivity contribution >= 4 is 0 Å². The van der Waals surface area contributed by atoms with Gasteiger partial charge in [-0.15, -0.1) is 0 Å². The molecule has 0 aliphatic carbocycles. The maximum Gasteiger partial charge on any atom is 0.00387 e. The summed E-state index contributed by atoms with van der Waals surface area (Å²) in [6.07, 6.45) is 4.18. The van der Waals surface area contributed by atoms with Gasteiger partial charge in [-0.05, 0) is 32.2 Å². The van der Waals surface area contributed by atoms with Gasteiger partial charge in [0.25, 0.3) is 0 Å². The summed E-state index contributed by atoms with van der Waals surface area (Å²) in [6, 6.07) is 0.786. The highest BCUT2D eigenvalue weighted by atomic mass is 14.9. The van der Waals surface area contributed by atoms with Crippen molar-refractivity contribution in [3.63, 3.8) is 0 Å². The molecule has 1 atom stereocenters. The molecule has 0 saturated carbocycles. The Bertz CT molecular complexity index is 70.2. The van der Waals surface area contributed by atoms with Crippen LogP contribution in [0, 0.1) is 5.92 Å². The zero-order valence-corrected chi connectivity index (χ0v) is 8.48. The van der Waals surface area contributed by atoms with Crippen molar-refractivity contribution < 1.29 is 0 Å². The van der Waals surface area contributed by atoms with E-state index >= 15 is 0 Å². The Kier molecular flexibility index (Phi) is 6.63. The van der Waals surface area contributed by atoms with E-state index in [1.807, 2.05) is 0 Å². The Morgan fingerprint density at radius 2 is 1.73 bits per heavy atom. The van der Waals surface area contributed by atoms with Crippen molar-refractivity contribution in [2.24, 2.45) is 5.92 Å². The van der Waals surface area contributed by atoms with Crippen LogP contribution >= 0.6 is 0 Å². The number of piperidine rings is 1. The minimum atomic E-state index is 0.786. The maximum atomic E-state index is 3.38. The summed E-state index contributed by atoms with van der Waals surface area (Å²) in [5, 5.41) is 3.38. The highest BCUT2D eigenvalue weighted by Crippen LogP contribution is 2.04. The summed E-state index contributed by atoms with van der Waals surface area (Å²) >= 11 is 0. The molecule has 1 aliphatic rings. The zero-order valence-electron chi connectivity index (χ0n) is 8.48. The van der Waals surface area contributed by atoms with E-state index in [4.69, 9.17) is 0 Å². The predicted octanol–water partition coefficient (Wildman–Crippen LogP) is 2.81. The summed E-state index contributed by atoms with van der Waals surface area (Å²) in [4.78, 5) is 0. The van der Waals surface area contributed by atoms with E-state index in [0.29, 0.717) is 0 Å². The average molecular weight is 157 g/mol. The molecule has 0 unspecified atom stereocenters. The summed E-state index contributed by atoms with van der Waals surface area (Å²) in [5.41, 5.74) is 0. The van der Waals surface area contributed by atoms with E-state index < -0.39 is 0 Å². The topological polar surface area (TPSA) is 12.0 Å². The van der Waals surface area contributed by atoms with Crippen LogP contribution in [0.1, 0.15) is 47.0 Å². The van der Waals surface area contributed by atoms with Crippen molar-refractivity contribution in [1.29, 1.82) is 0 Å². The molecule has 1 heteroatoms. The monoisotopic (exact) mass is 157 g/mol. The van der Waals surface area contributed by atoms with Gasteiger partial charge < -0.3 is 5.32 Å². The summed E-state index contributed by atoms with van der Waals surface area (Å²) in [5.74, 6) is 0.833. The van der Waals surface area contributed by atoms with E-state index in [2.05, 4.69) is 33.0 Å². The van der Waals surface area contributed by atoms with Gasteiger partial charge in [0, 0.05) is 6.04 Å². The smallest absolute Gasteiger partial charge is 0.00387 e. The molecule has 68 valence electrons. The van der Waals surface area contributed by atoms with Crippen LogP contribution in [0.4, 0.5) is 0 Å². The highest BCUT2D eigenvalue weighted by Gasteiger charge is 2.04. The van der Waals surface area contributed by atoms with Crippen LogP contribution in [-0.2, 0) is 0 Å². The van der Waals surface area contributed by atoms with Crippen molar-refractivity contribution in [3.05, 3.63) is 0 Å². The van der Waals surface area contributed by atoms with E-state index in [-0.39, 0.29) is 0 Å². The van der Waals surface area contributed by atoms with Crippen LogP contribution in [0.25, 0.3) is 0 Å². The lowest BCUT2D eigenvalue weighted by molar-refractivity contribution is 0.425. The summed E-state index contributed by atoms with van der Waals surface area (Å²) in [7, 11) is 0. The molecule has 1 saturated heterocycles. The average Bonchev–Trinajstić information content (AvgIpc) is 1.87. The number of nitrogens with one attached hydrogen (secondary N) is 1. The number of hydrogen-bond acceptors (Lipinski definition) is 1. The first-order chi connectivity index (χ1) is 5.13. The van der Waals surface area contributed by atoms with E-state index in [1.54, 1.807) is 0 Å². The molecule has 0 aromatic carbocycles. The van der Waals surface area contributed by atoms with Gasteiger partial charge in [0.15, 0.2) is 0 Å². The molecule has 0 radical (unpaired) electrons. The molecule has 0 aromatic heterocycles. The molecule has 1 fully saturated rings. The SMILES string of the molecule is CC(C)C.C[C@@H]1CCCCN1. The first kappa shape index (κ1) is 11.0. The quantitative estimate of drug-likeness (QED) is 0.570. The Labute approximate surface area is 71.6 Å². The molecule has 1 nitrogen and oxygen atoms in total. The molecule has 1 heterocycles. The Morgan fingerprint density at radius 1 is 1.18 bits per heavy atom. The summed E-state index contributed by atoms with van der Waals surface area (Å²) < 4.78 is 0. The predicted molar refractivity (Wildman–Crippen MR) is 51.8 cm³/mol. The molecule has 0 amide bonds. The third-order valence-electron chi connectivity index (χ3n) is 1.56. The first-order valence-electron chi connectivity index (χ1n) is 4.86. The molecule has 11 heavy (non-hydrogen) atoms. The third-order valence-corrected chi connectivity index (χ3v) is 1.56. The lowest BCUT2D eigenvalue weighted by Crippen LogP contribution is -2.30. The fraction of sp³-hybridized carbons (Fsp3) is 1.00. The zero-order chi connectivity index (χ0) is 8.69. The fourth-order valence-electron chi connectivity index (χ4n) is 1.03. The maximum absolute atomic E-state index is 3.38. The standard InChI is InChI=1S/C6H13N.C4H10/c1-6-4-2-3-5-7-6;1-4(2)3/h6-7H,2-5H2,1H3;4H,1-3H3/t6-;/m1./s1. The number of hydrogen-bond donors (Lipinski definition) is 1. The van der Waals surface area contributed by atoms with Crippen molar-refractivity contribution in [3.8, 4) is 0 Å². The van der Waals surface area contributed by atoms with Gasteiger partial charge in [0.2, 0.25) is 0 Å². The molecule has 0 bridgehead atoms. The van der Waals surface area contributed by atoms with E-state index in [0.717, 1.165) is 12.0 Å². The molecular weight excluding hydrogens is 134 g/mol. The lowest BCUT2D eigenvalue weighted by Gasteiger charge is -2.18. The first-order valence-corrected chi connectivity index (χ1v) is 4.86. The Morgan fingerprint density at radius 3 is 1.91 bits per heavy atom. The van der Waals surface area contributed by atoms with E-state index in [1.165, 1.54) is 25.8 Å². The molecule has 0 aromatic rings. The molecule has 1 rings (SSSR count). The summed E-state index contributed by atoms with van der Waals surface area (Å²) in [6.45, 7) is 9.99. The van der Waals surface area contributed by atoms with Crippen LogP contribution in [0.15, 0.2) is 0 Å². The molecule has 1 aliphatic heterocycles. The van der Waals surface area contributed by atoms with Gasteiger partial charge in [0.05, 0.1) is 0 Å². The molecule has 0 spiro atoms. The largest absolute Gasteiger partial charge is 0.314 e. The third kappa shape index (κ3) is 9.96. The van der Waals surface area contributed by atoms with Gasteiger partial charge >= 0.3 is 0 Å². The fourth-order valence-corrected chi connectivity index (χ4v) is 1.03. The minimum absolute atomic E-state index is 0.786. The van der Waals surface area contributed by atoms with E-state index in [9.17, 15) is 0 Å². The van der Waals surface area contributed by atoms with Gasteiger partial charge in [-0.3, -0.25) is 0 Å². The van der Waals surface area contributed by atoms with Crippen LogP contribution < -0.4 is 5.32 Å². The van der Waals surface area contributed by atoms with Gasteiger partial charge in [-0.2, -0.15) is 0 Å². The molecular formula is C10H23N. The Balaban J connectivity index is 0.000000218. The van der Waals surface area contributed by atoms with Gasteiger partial charge in [-0.25, -0.2) is 0 Å². The molecule has 1 N–H and O–H groups in total. The van der Waals surface area contributed by atoms with Gasteiger partial charge in [-0.1, -0.05) is 27.2 Å². The Hall–Kier alpha value is -0.0400. The highest BCUT2D eigenvalue weighted by molar-refractivity contribution is 4.65. The van der Waals surface area contributed by atoms with Crippen LogP contribution in [-0.4, -0.2) is 12.6 Å². The van der Waals surface area contributed by atoms with Crippen molar-refractivity contribution in [2.75, 3.05) is 6.54 Å². The lowest BCUT2D eigenvalue weighted by atomic mass is 10.1. The van der Waals surface area contributed by atoms with Crippen molar-refractivity contribution in [2.45, 2.75) is 53.0 Å². The second kappa shape index (κ2) is 6.66. The number of rotatable bonds is 0. The normalized spacial score (nSPS) is 24.3. The van der Waals surface area contributed by atoms with Gasteiger partial charge in [0.1, 0.15) is 0 Å². The second-order valence-corrected chi connectivity index (χ2v) is 4.08.